The average molecular weight is 334 g/mol. The van der Waals surface area contributed by atoms with Crippen LogP contribution in [-0.4, -0.2) is 37.1 Å². The van der Waals surface area contributed by atoms with Gasteiger partial charge in [0.1, 0.15) is 23.1 Å². The van der Waals surface area contributed by atoms with Gasteiger partial charge < -0.3 is 14.4 Å². The second-order valence-corrected chi connectivity index (χ2v) is 5.56. The second-order valence-electron chi connectivity index (χ2n) is 5.56. The van der Waals surface area contributed by atoms with Crippen molar-refractivity contribution in [1.82, 2.24) is 4.90 Å². The SMILES string of the molecule is N#C/C(=C\c1cccc(Oc2ccccc2)c1)C(=O)N1CCOCC1. The Bertz CT molecular complexity index is 803. The molecule has 5 nitrogen and oxygen atoms in total. The molecular formula is C20H18N2O3. The maximum absolute atomic E-state index is 12.5. The summed E-state index contributed by atoms with van der Waals surface area (Å²) in [5.41, 5.74) is 0.852. The van der Waals surface area contributed by atoms with Crippen LogP contribution in [-0.2, 0) is 9.53 Å². The van der Waals surface area contributed by atoms with Crippen molar-refractivity contribution in [3.8, 4) is 17.6 Å². The first-order valence-electron chi connectivity index (χ1n) is 8.08. The average Bonchev–Trinajstić information content (AvgIpc) is 2.67. The van der Waals surface area contributed by atoms with Gasteiger partial charge in [-0.25, -0.2) is 0 Å². The number of hydrogen-bond donors (Lipinski definition) is 0. The van der Waals surface area contributed by atoms with Crippen LogP contribution in [0.5, 0.6) is 11.5 Å². The van der Waals surface area contributed by atoms with E-state index in [4.69, 9.17) is 9.47 Å². The lowest BCUT2D eigenvalue weighted by atomic mass is 10.1. The highest BCUT2D eigenvalue weighted by atomic mass is 16.5. The zero-order valence-corrected chi connectivity index (χ0v) is 13.7. The van der Waals surface area contributed by atoms with Crippen LogP contribution in [0.3, 0.4) is 0 Å². The topological polar surface area (TPSA) is 62.6 Å². The summed E-state index contributed by atoms with van der Waals surface area (Å²) >= 11 is 0. The third kappa shape index (κ3) is 4.46. The third-order valence-electron chi connectivity index (χ3n) is 3.80. The molecule has 0 saturated carbocycles. The predicted molar refractivity (Wildman–Crippen MR) is 93.9 cm³/mol. The summed E-state index contributed by atoms with van der Waals surface area (Å²) in [6.45, 7) is 2.03. The third-order valence-corrected chi connectivity index (χ3v) is 3.80. The maximum atomic E-state index is 12.5. The van der Waals surface area contributed by atoms with Crippen molar-refractivity contribution in [1.29, 1.82) is 5.26 Å². The standard InChI is InChI=1S/C20H18N2O3/c21-15-17(20(23)22-9-11-24-12-10-22)13-16-5-4-8-19(14-16)25-18-6-2-1-3-7-18/h1-8,13-14H,9-12H2/b17-13+. The lowest BCUT2D eigenvalue weighted by molar-refractivity contribution is -0.130. The number of rotatable bonds is 4. The largest absolute Gasteiger partial charge is 0.457 e. The first-order valence-corrected chi connectivity index (χ1v) is 8.08. The molecule has 1 aliphatic rings. The Morgan fingerprint density at radius 3 is 2.52 bits per heavy atom. The summed E-state index contributed by atoms with van der Waals surface area (Å²) in [6, 6.07) is 18.8. The molecule has 5 heteroatoms. The first kappa shape index (κ1) is 16.7. The second kappa shape index (κ2) is 8.13. The van der Waals surface area contributed by atoms with Crippen molar-refractivity contribution < 1.29 is 14.3 Å². The van der Waals surface area contributed by atoms with E-state index in [0.29, 0.717) is 32.1 Å². The van der Waals surface area contributed by atoms with Crippen molar-refractivity contribution in [2.75, 3.05) is 26.3 Å². The van der Waals surface area contributed by atoms with Gasteiger partial charge in [-0.15, -0.1) is 0 Å². The molecule has 25 heavy (non-hydrogen) atoms. The van der Waals surface area contributed by atoms with Gasteiger partial charge in [0, 0.05) is 13.1 Å². The molecule has 1 saturated heterocycles. The van der Waals surface area contributed by atoms with Gasteiger partial charge in [0.2, 0.25) is 0 Å². The van der Waals surface area contributed by atoms with Crippen molar-refractivity contribution in [2.24, 2.45) is 0 Å². The predicted octanol–water partition coefficient (Wildman–Crippen LogP) is 3.24. The molecule has 0 aliphatic carbocycles. The van der Waals surface area contributed by atoms with Crippen LogP contribution >= 0.6 is 0 Å². The van der Waals surface area contributed by atoms with E-state index in [0.717, 1.165) is 11.3 Å². The highest BCUT2D eigenvalue weighted by Crippen LogP contribution is 2.23. The maximum Gasteiger partial charge on any atom is 0.264 e. The molecule has 0 atom stereocenters. The van der Waals surface area contributed by atoms with E-state index in [2.05, 4.69) is 0 Å². The Balaban J connectivity index is 1.78. The van der Waals surface area contributed by atoms with Crippen LogP contribution in [0.1, 0.15) is 5.56 Å². The van der Waals surface area contributed by atoms with E-state index < -0.39 is 0 Å². The highest BCUT2D eigenvalue weighted by Gasteiger charge is 2.20. The minimum absolute atomic E-state index is 0.110. The number of para-hydroxylation sites is 1. The zero-order chi connectivity index (χ0) is 17.5. The number of amides is 1. The van der Waals surface area contributed by atoms with Gasteiger partial charge in [-0.2, -0.15) is 5.26 Å². The molecule has 0 spiro atoms. The molecule has 0 N–H and O–H groups in total. The van der Waals surface area contributed by atoms with Gasteiger partial charge in [-0.05, 0) is 35.9 Å². The highest BCUT2D eigenvalue weighted by molar-refractivity contribution is 6.01. The van der Waals surface area contributed by atoms with Crippen molar-refractivity contribution >= 4 is 12.0 Å². The van der Waals surface area contributed by atoms with E-state index in [-0.39, 0.29) is 11.5 Å². The molecule has 1 amide bonds. The molecule has 3 rings (SSSR count). The summed E-state index contributed by atoms with van der Waals surface area (Å²) in [5, 5.41) is 9.36. The fourth-order valence-corrected chi connectivity index (χ4v) is 2.54. The minimum Gasteiger partial charge on any atom is -0.457 e. The van der Waals surface area contributed by atoms with E-state index in [9.17, 15) is 10.1 Å². The number of nitriles is 1. The minimum atomic E-state index is -0.264. The lowest BCUT2D eigenvalue weighted by Gasteiger charge is -2.26. The van der Waals surface area contributed by atoms with Gasteiger partial charge in [0.15, 0.2) is 0 Å². The molecule has 2 aromatic rings. The van der Waals surface area contributed by atoms with E-state index in [1.165, 1.54) is 0 Å². The fourth-order valence-electron chi connectivity index (χ4n) is 2.54. The Kier molecular flexibility index (Phi) is 5.45. The normalized spacial score (nSPS) is 14.7. The number of hydrogen-bond acceptors (Lipinski definition) is 4. The fraction of sp³-hybridized carbons (Fsp3) is 0.200. The number of carbonyl (C=O) groups is 1. The molecule has 1 fully saturated rings. The summed E-state index contributed by atoms with van der Waals surface area (Å²) in [5.74, 6) is 1.12. The summed E-state index contributed by atoms with van der Waals surface area (Å²) in [7, 11) is 0. The molecule has 0 unspecified atom stereocenters. The van der Waals surface area contributed by atoms with Gasteiger partial charge in [-0.3, -0.25) is 4.79 Å². The first-order chi connectivity index (χ1) is 12.3. The lowest BCUT2D eigenvalue weighted by Crippen LogP contribution is -2.41. The van der Waals surface area contributed by atoms with Crippen LogP contribution in [0.2, 0.25) is 0 Å². The van der Waals surface area contributed by atoms with Crippen LogP contribution in [0.4, 0.5) is 0 Å². The monoisotopic (exact) mass is 334 g/mol. The number of benzene rings is 2. The van der Waals surface area contributed by atoms with Crippen LogP contribution in [0.25, 0.3) is 6.08 Å². The van der Waals surface area contributed by atoms with E-state index in [1.54, 1.807) is 17.0 Å². The van der Waals surface area contributed by atoms with Gasteiger partial charge in [0.05, 0.1) is 13.2 Å². The molecule has 2 aromatic carbocycles. The van der Waals surface area contributed by atoms with Crippen LogP contribution < -0.4 is 4.74 Å². The van der Waals surface area contributed by atoms with Gasteiger partial charge in [0.25, 0.3) is 5.91 Å². The molecule has 1 aliphatic heterocycles. The van der Waals surface area contributed by atoms with Gasteiger partial charge >= 0.3 is 0 Å². The van der Waals surface area contributed by atoms with Crippen molar-refractivity contribution in [3.05, 3.63) is 65.7 Å². The molecule has 126 valence electrons. The number of ether oxygens (including phenoxy) is 2. The summed E-state index contributed by atoms with van der Waals surface area (Å²) in [4.78, 5) is 14.1. The number of carbonyl (C=O) groups excluding carboxylic acids is 1. The summed E-state index contributed by atoms with van der Waals surface area (Å²) < 4.78 is 11.0. The van der Waals surface area contributed by atoms with Crippen LogP contribution in [0, 0.1) is 11.3 Å². The van der Waals surface area contributed by atoms with Crippen molar-refractivity contribution in [2.45, 2.75) is 0 Å². The summed E-state index contributed by atoms with van der Waals surface area (Å²) in [6.07, 6.45) is 1.59. The Morgan fingerprint density at radius 1 is 1.08 bits per heavy atom. The zero-order valence-electron chi connectivity index (χ0n) is 13.7. The molecule has 0 aromatic heterocycles. The quantitative estimate of drug-likeness (QED) is 0.636. The van der Waals surface area contributed by atoms with Gasteiger partial charge in [-0.1, -0.05) is 30.3 Å². The van der Waals surface area contributed by atoms with Crippen molar-refractivity contribution in [3.63, 3.8) is 0 Å². The number of nitrogens with zero attached hydrogens (tertiary/aromatic N) is 2. The smallest absolute Gasteiger partial charge is 0.264 e. The van der Waals surface area contributed by atoms with E-state index in [1.807, 2.05) is 54.6 Å². The Labute approximate surface area is 146 Å². The van der Waals surface area contributed by atoms with E-state index >= 15 is 0 Å². The number of morpholine rings is 1. The molecular weight excluding hydrogens is 316 g/mol. The molecule has 1 heterocycles. The van der Waals surface area contributed by atoms with Crippen LogP contribution in [0.15, 0.2) is 60.2 Å². The Morgan fingerprint density at radius 2 is 1.80 bits per heavy atom. The molecule has 0 radical (unpaired) electrons. The Hall–Kier alpha value is -3.10. The molecule has 0 bridgehead atoms.